The number of hydrogen-bond acceptors (Lipinski definition) is 3. The Morgan fingerprint density at radius 1 is 0.892 bits per heavy atom. The van der Waals surface area contributed by atoms with Gasteiger partial charge >= 0.3 is 0 Å². The maximum absolute atomic E-state index is 6.20. The minimum absolute atomic E-state index is 0.125. The second-order valence-corrected chi connectivity index (χ2v) is 10.6. The molecule has 0 saturated carbocycles. The molecule has 2 heterocycles. The van der Waals surface area contributed by atoms with Crippen LogP contribution in [0.3, 0.4) is 0 Å². The van der Waals surface area contributed by atoms with Gasteiger partial charge in [0.1, 0.15) is 11.5 Å². The average Bonchev–Trinajstić information content (AvgIpc) is 3.32. The van der Waals surface area contributed by atoms with Crippen LogP contribution in [0.2, 0.25) is 5.02 Å². The first kappa shape index (κ1) is 24.0. The van der Waals surface area contributed by atoms with Gasteiger partial charge in [-0.25, -0.2) is 0 Å². The molecule has 6 heteroatoms. The van der Waals surface area contributed by atoms with Crippen molar-refractivity contribution in [2.24, 2.45) is 0 Å². The maximum Gasteiger partial charge on any atom is 0.132 e. The molecular weight excluding hydrogens is 548 g/mol. The van der Waals surface area contributed by atoms with Gasteiger partial charge in [0.2, 0.25) is 0 Å². The fourth-order valence-corrected chi connectivity index (χ4v) is 5.87. The molecule has 37 heavy (non-hydrogen) atoms. The predicted molar refractivity (Wildman–Crippen MR) is 155 cm³/mol. The smallest absolute Gasteiger partial charge is 0.132 e. The molecule has 0 aliphatic carbocycles. The van der Waals surface area contributed by atoms with Gasteiger partial charge in [-0.15, -0.1) is 0 Å². The van der Waals surface area contributed by atoms with Gasteiger partial charge in [-0.05, 0) is 53.4 Å². The number of aromatic nitrogens is 1. The Morgan fingerprint density at radius 2 is 1.65 bits per heavy atom. The van der Waals surface area contributed by atoms with Crippen molar-refractivity contribution >= 4 is 44.1 Å². The lowest BCUT2D eigenvalue weighted by Crippen LogP contribution is -2.22. The van der Waals surface area contributed by atoms with Gasteiger partial charge in [-0.2, -0.15) is 0 Å². The molecule has 0 radical (unpaired) electrons. The van der Waals surface area contributed by atoms with Gasteiger partial charge in [-0.3, -0.25) is 0 Å². The van der Waals surface area contributed by atoms with Crippen molar-refractivity contribution < 1.29 is 9.47 Å². The van der Waals surface area contributed by atoms with E-state index >= 15 is 0 Å². The van der Waals surface area contributed by atoms with Crippen LogP contribution in [0.1, 0.15) is 35.2 Å². The summed E-state index contributed by atoms with van der Waals surface area (Å²) in [6, 6.07) is 29.3. The molecule has 5 aromatic rings. The highest BCUT2D eigenvalue weighted by molar-refractivity contribution is 9.10. The van der Waals surface area contributed by atoms with Gasteiger partial charge in [0.15, 0.2) is 0 Å². The number of rotatable bonds is 5. The molecule has 0 saturated heterocycles. The average molecular weight is 574 g/mol. The third kappa shape index (κ3) is 4.36. The summed E-state index contributed by atoms with van der Waals surface area (Å²) in [5.41, 5.74) is 8.06. The lowest BCUT2D eigenvalue weighted by molar-refractivity contribution is 0.398. The molecule has 4 nitrogen and oxygen atoms in total. The van der Waals surface area contributed by atoms with E-state index in [2.05, 4.69) is 86.9 Å². The van der Waals surface area contributed by atoms with Crippen molar-refractivity contribution in [1.29, 1.82) is 0 Å². The largest absolute Gasteiger partial charge is 0.497 e. The number of H-pyrrole nitrogens is 1. The Kier molecular flexibility index (Phi) is 6.35. The van der Waals surface area contributed by atoms with Crippen LogP contribution < -0.4 is 14.8 Å². The first-order valence-corrected chi connectivity index (χ1v) is 13.4. The Bertz CT molecular complexity index is 1580. The normalized spacial score (nSPS) is 16.8. The van der Waals surface area contributed by atoms with E-state index in [-0.39, 0.29) is 12.0 Å². The molecule has 0 unspecified atom stereocenters. The minimum Gasteiger partial charge on any atom is -0.497 e. The van der Waals surface area contributed by atoms with Crippen LogP contribution >= 0.6 is 27.5 Å². The first-order valence-electron chi connectivity index (χ1n) is 12.2. The monoisotopic (exact) mass is 572 g/mol. The minimum atomic E-state index is 0.125. The third-order valence-corrected chi connectivity index (χ3v) is 7.99. The molecule has 4 aromatic carbocycles. The molecule has 0 bridgehead atoms. The zero-order chi connectivity index (χ0) is 25.5. The van der Waals surface area contributed by atoms with Crippen LogP contribution in [0.4, 0.5) is 5.69 Å². The second-order valence-electron chi connectivity index (χ2n) is 9.30. The number of hydrogen-bond donors (Lipinski definition) is 2. The summed E-state index contributed by atoms with van der Waals surface area (Å²) < 4.78 is 12.5. The third-order valence-electron chi connectivity index (χ3n) is 7.21. The lowest BCUT2D eigenvalue weighted by atomic mass is 9.80. The molecule has 0 amide bonds. The summed E-state index contributed by atoms with van der Waals surface area (Å²) in [6.45, 7) is 0. The summed E-state index contributed by atoms with van der Waals surface area (Å²) in [4.78, 5) is 3.80. The Labute approximate surface area is 229 Å². The molecule has 6 rings (SSSR count). The molecular formula is C31H26BrClN2O2. The summed E-state index contributed by atoms with van der Waals surface area (Å²) in [6.07, 6.45) is 0.883. The van der Waals surface area contributed by atoms with E-state index in [1.54, 1.807) is 14.2 Å². The number of nitrogens with one attached hydrogen (secondary N) is 2. The highest BCUT2D eigenvalue weighted by Crippen LogP contribution is 2.49. The zero-order valence-corrected chi connectivity index (χ0v) is 22.9. The van der Waals surface area contributed by atoms with E-state index < -0.39 is 0 Å². The van der Waals surface area contributed by atoms with E-state index in [0.29, 0.717) is 0 Å². The highest BCUT2D eigenvalue weighted by atomic mass is 79.9. The summed E-state index contributed by atoms with van der Waals surface area (Å²) in [5, 5.41) is 5.56. The number of ether oxygens (including phenoxy) is 2. The SMILES string of the molecule is COc1cc(OC)c2c(-c3ccc(Br)cc3)c([C@H]3C[C@H](c4ccc(Cl)cc4)Nc4ccccc43)[nH]c2c1. The lowest BCUT2D eigenvalue weighted by Gasteiger charge is -2.34. The Hall–Kier alpha value is -3.41. The van der Waals surface area contributed by atoms with Gasteiger partial charge in [-0.1, -0.05) is 70.0 Å². The fraction of sp³-hybridized carbons (Fsp3) is 0.161. The number of methoxy groups -OCH3 is 2. The van der Waals surface area contributed by atoms with E-state index in [1.807, 2.05) is 24.3 Å². The summed E-state index contributed by atoms with van der Waals surface area (Å²) >= 11 is 9.80. The fourth-order valence-electron chi connectivity index (χ4n) is 5.47. The molecule has 0 fully saturated rings. The van der Waals surface area contributed by atoms with E-state index in [1.165, 1.54) is 11.1 Å². The number of benzene rings is 4. The van der Waals surface area contributed by atoms with Crippen molar-refractivity contribution in [3.63, 3.8) is 0 Å². The topological polar surface area (TPSA) is 46.3 Å². The number of fused-ring (bicyclic) bond motifs is 2. The molecule has 1 aromatic heterocycles. The Balaban J connectivity index is 1.60. The van der Waals surface area contributed by atoms with Crippen LogP contribution in [0.15, 0.2) is 89.4 Å². The number of para-hydroxylation sites is 1. The van der Waals surface area contributed by atoms with Crippen LogP contribution in [-0.2, 0) is 0 Å². The summed E-state index contributed by atoms with van der Waals surface area (Å²) in [7, 11) is 3.39. The first-order chi connectivity index (χ1) is 18.1. The quantitative estimate of drug-likeness (QED) is 0.221. The van der Waals surface area contributed by atoms with Gasteiger partial charge < -0.3 is 19.8 Å². The van der Waals surface area contributed by atoms with Crippen molar-refractivity contribution in [3.8, 4) is 22.6 Å². The zero-order valence-electron chi connectivity index (χ0n) is 20.5. The molecule has 2 atom stereocenters. The van der Waals surface area contributed by atoms with Crippen LogP contribution in [0.25, 0.3) is 22.0 Å². The molecule has 1 aliphatic rings. The van der Waals surface area contributed by atoms with Crippen molar-refractivity contribution in [2.45, 2.75) is 18.4 Å². The highest BCUT2D eigenvalue weighted by Gasteiger charge is 2.32. The van der Waals surface area contributed by atoms with Gasteiger partial charge in [0.05, 0.1) is 25.8 Å². The molecule has 1 aliphatic heterocycles. The van der Waals surface area contributed by atoms with E-state index in [0.717, 1.165) is 60.8 Å². The van der Waals surface area contributed by atoms with E-state index in [4.69, 9.17) is 21.1 Å². The van der Waals surface area contributed by atoms with Crippen LogP contribution in [0, 0.1) is 0 Å². The summed E-state index contributed by atoms with van der Waals surface area (Å²) in [5.74, 6) is 1.66. The van der Waals surface area contributed by atoms with Crippen molar-refractivity contribution in [1.82, 2.24) is 4.98 Å². The van der Waals surface area contributed by atoms with Crippen LogP contribution in [0.5, 0.6) is 11.5 Å². The van der Waals surface area contributed by atoms with Gasteiger partial charge in [0.25, 0.3) is 0 Å². The predicted octanol–water partition coefficient (Wildman–Crippen LogP) is 8.96. The van der Waals surface area contributed by atoms with Crippen LogP contribution in [-0.4, -0.2) is 19.2 Å². The molecule has 2 N–H and O–H groups in total. The van der Waals surface area contributed by atoms with Crippen molar-refractivity contribution in [3.05, 3.63) is 111 Å². The Morgan fingerprint density at radius 3 is 2.38 bits per heavy atom. The second kappa shape index (κ2) is 9.81. The molecule has 186 valence electrons. The van der Waals surface area contributed by atoms with Crippen molar-refractivity contribution in [2.75, 3.05) is 19.5 Å². The van der Waals surface area contributed by atoms with Gasteiger partial charge in [0, 0.05) is 49.9 Å². The van der Waals surface area contributed by atoms with E-state index in [9.17, 15) is 0 Å². The maximum atomic E-state index is 6.20. The number of halogens is 2. The standard InChI is InChI=1S/C31H26BrClN2O2/c1-36-22-15-27-30(28(16-22)37-2)29(19-7-11-20(32)12-8-19)31(35-27)24-17-26(18-9-13-21(33)14-10-18)34-25-6-4-3-5-23(24)25/h3-16,24,26,34-35H,17H2,1-2H3/t24-,26+/m0/s1. The number of anilines is 1. The number of aromatic amines is 1. The molecule has 0 spiro atoms.